The third-order valence-electron chi connectivity index (χ3n) is 3.07. The van der Waals surface area contributed by atoms with Crippen LogP contribution in [0.5, 0.6) is 0 Å². The first-order valence-corrected chi connectivity index (χ1v) is 5.34. The summed E-state index contributed by atoms with van der Waals surface area (Å²) >= 11 is 0. The molecule has 0 aromatic heterocycles. The average molecular weight is 230 g/mol. The van der Waals surface area contributed by atoms with Crippen molar-refractivity contribution in [1.29, 1.82) is 0 Å². The molecular formula is C10H18N2O4. The summed E-state index contributed by atoms with van der Waals surface area (Å²) in [6.45, 7) is 4.66. The topological polar surface area (TPSA) is 92.9 Å². The Morgan fingerprint density at radius 1 is 1.56 bits per heavy atom. The van der Waals surface area contributed by atoms with Crippen LogP contribution in [0.2, 0.25) is 0 Å². The zero-order valence-corrected chi connectivity index (χ0v) is 9.55. The molecule has 0 aromatic rings. The minimum atomic E-state index is -0.891. The van der Waals surface area contributed by atoms with Crippen molar-refractivity contribution in [3.8, 4) is 0 Å². The number of amides is 1. The van der Waals surface area contributed by atoms with Crippen molar-refractivity contribution in [2.75, 3.05) is 19.8 Å². The van der Waals surface area contributed by atoms with Crippen LogP contribution in [0.25, 0.3) is 0 Å². The minimum Gasteiger partial charge on any atom is -0.481 e. The van der Waals surface area contributed by atoms with E-state index in [0.717, 1.165) is 0 Å². The summed E-state index contributed by atoms with van der Waals surface area (Å²) in [5.41, 5.74) is 5.23. The van der Waals surface area contributed by atoms with E-state index >= 15 is 0 Å². The third-order valence-corrected chi connectivity index (χ3v) is 3.07. The fourth-order valence-electron chi connectivity index (χ4n) is 2.06. The van der Waals surface area contributed by atoms with Crippen LogP contribution in [-0.4, -0.2) is 53.7 Å². The lowest BCUT2D eigenvalue weighted by molar-refractivity contribution is -0.144. The number of hydrogen-bond donors (Lipinski definition) is 2. The van der Waals surface area contributed by atoms with Crippen molar-refractivity contribution in [1.82, 2.24) is 4.90 Å². The van der Waals surface area contributed by atoms with Crippen LogP contribution in [-0.2, 0) is 14.3 Å². The van der Waals surface area contributed by atoms with Crippen LogP contribution < -0.4 is 5.73 Å². The first-order chi connectivity index (χ1) is 7.49. The SMILES string of the molecule is CCN(C(C)C(N)=O)C1COCC1C(=O)O. The number of carboxylic acids is 1. The Hall–Kier alpha value is -1.14. The molecule has 0 spiro atoms. The highest BCUT2D eigenvalue weighted by Crippen LogP contribution is 2.21. The van der Waals surface area contributed by atoms with E-state index in [2.05, 4.69) is 0 Å². The minimum absolute atomic E-state index is 0.196. The monoisotopic (exact) mass is 230 g/mol. The summed E-state index contributed by atoms with van der Waals surface area (Å²) in [7, 11) is 0. The zero-order chi connectivity index (χ0) is 12.3. The Morgan fingerprint density at radius 3 is 2.62 bits per heavy atom. The molecule has 6 heteroatoms. The van der Waals surface area contributed by atoms with E-state index in [0.29, 0.717) is 13.2 Å². The molecule has 1 amide bonds. The Bertz CT molecular complexity index is 282. The average Bonchev–Trinajstić information content (AvgIpc) is 2.67. The highest BCUT2D eigenvalue weighted by molar-refractivity contribution is 5.79. The number of primary amides is 1. The first kappa shape index (κ1) is 12.9. The number of rotatable bonds is 5. The van der Waals surface area contributed by atoms with Crippen molar-refractivity contribution in [2.45, 2.75) is 25.9 Å². The van der Waals surface area contributed by atoms with Gasteiger partial charge in [0.2, 0.25) is 5.91 Å². The molecule has 0 saturated carbocycles. The standard InChI is InChI=1S/C10H18N2O4/c1-3-12(6(2)9(11)13)8-5-16-4-7(8)10(14)15/h6-8H,3-5H2,1-2H3,(H2,11,13)(H,14,15). The van der Waals surface area contributed by atoms with Crippen molar-refractivity contribution in [3.05, 3.63) is 0 Å². The second-order valence-corrected chi connectivity index (χ2v) is 3.96. The van der Waals surface area contributed by atoms with Crippen LogP contribution in [0.4, 0.5) is 0 Å². The van der Waals surface area contributed by atoms with Gasteiger partial charge in [0.05, 0.1) is 25.2 Å². The van der Waals surface area contributed by atoms with Gasteiger partial charge in [-0.3, -0.25) is 14.5 Å². The van der Waals surface area contributed by atoms with Crippen molar-refractivity contribution in [3.63, 3.8) is 0 Å². The number of likely N-dealkylation sites (N-methyl/N-ethyl adjacent to an activating group) is 1. The molecule has 92 valence electrons. The number of nitrogens with zero attached hydrogens (tertiary/aromatic N) is 1. The number of hydrogen-bond acceptors (Lipinski definition) is 4. The van der Waals surface area contributed by atoms with Gasteiger partial charge in [-0.2, -0.15) is 0 Å². The number of aliphatic carboxylic acids is 1. The lowest BCUT2D eigenvalue weighted by Crippen LogP contribution is -2.52. The predicted octanol–water partition coefficient (Wildman–Crippen LogP) is -0.718. The van der Waals surface area contributed by atoms with Gasteiger partial charge in [-0.15, -0.1) is 0 Å². The number of nitrogens with two attached hydrogens (primary N) is 1. The van der Waals surface area contributed by atoms with Gasteiger partial charge in [-0.1, -0.05) is 6.92 Å². The van der Waals surface area contributed by atoms with Gasteiger partial charge in [-0.25, -0.2) is 0 Å². The molecule has 0 radical (unpaired) electrons. The van der Waals surface area contributed by atoms with Gasteiger partial charge in [0.1, 0.15) is 0 Å². The second-order valence-electron chi connectivity index (χ2n) is 3.96. The van der Waals surface area contributed by atoms with Crippen molar-refractivity contribution >= 4 is 11.9 Å². The Balaban J connectivity index is 2.79. The van der Waals surface area contributed by atoms with E-state index < -0.39 is 23.8 Å². The Kier molecular flexibility index (Phi) is 4.26. The molecule has 0 bridgehead atoms. The summed E-state index contributed by atoms with van der Waals surface area (Å²) in [6.07, 6.45) is 0. The fraction of sp³-hybridized carbons (Fsp3) is 0.800. The molecule has 0 aliphatic carbocycles. The maximum absolute atomic E-state index is 11.1. The molecule has 1 aliphatic rings. The molecule has 3 N–H and O–H groups in total. The fourth-order valence-corrected chi connectivity index (χ4v) is 2.06. The lowest BCUT2D eigenvalue weighted by atomic mass is 10.0. The van der Waals surface area contributed by atoms with Crippen LogP contribution in [0.1, 0.15) is 13.8 Å². The molecule has 1 rings (SSSR count). The number of carboxylic acid groups (broad SMARTS) is 1. The summed E-state index contributed by atoms with van der Waals surface area (Å²) in [6, 6.07) is -0.747. The second kappa shape index (κ2) is 5.27. The van der Waals surface area contributed by atoms with E-state index in [1.807, 2.05) is 6.92 Å². The number of carbonyl (C=O) groups excluding carboxylic acids is 1. The molecule has 6 nitrogen and oxygen atoms in total. The lowest BCUT2D eigenvalue weighted by Gasteiger charge is -2.32. The first-order valence-electron chi connectivity index (χ1n) is 5.34. The van der Waals surface area contributed by atoms with Crippen LogP contribution in [0.3, 0.4) is 0 Å². The normalized spacial score (nSPS) is 26.9. The summed E-state index contributed by atoms with van der Waals surface area (Å²) in [5, 5.41) is 9.03. The van der Waals surface area contributed by atoms with Gasteiger partial charge < -0.3 is 15.6 Å². The van der Waals surface area contributed by atoms with Crippen LogP contribution in [0.15, 0.2) is 0 Å². The molecule has 0 aromatic carbocycles. The van der Waals surface area contributed by atoms with Gasteiger partial charge >= 0.3 is 5.97 Å². The Morgan fingerprint density at radius 2 is 2.19 bits per heavy atom. The van der Waals surface area contributed by atoms with Gasteiger partial charge in [0.25, 0.3) is 0 Å². The predicted molar refractivity (Wildman–Crippen MR) is 56.8 cm³/mol. The third kappa shape index (κ3) is 2.51. The van der Waals surface area contributed by atoms with E-state index in [-0.39, 0.29) is 12.6 Å². The van der Waals surface area contributed by atoms with Crippen molar-refractivity contribution in [2.24, 2.45) is 11.7 Å². The molecule has 1 aliphatic heterocycles. The smallest absolute Gasteiger partial charge is 0.310 e. The number of ether oxygens (including phenoxy) is 1. The van der Waals surface area contributed by atoms with E-state index in [1.165, 1.54) is 0 Å². The van der Waals surface area contributed by atoms with Crippen LogP contribution in [0, 0.1) is 5.92 Å². The van der Waals surface area contributed by atoms with Gasteiger partial charge in [0.15, 0.2) is 0 Å². The van der Waals surface area contributed by atoms with Gasteiger partial charge in [0, 0.05) is 6.04 Å². The largest absolute Gasteiger partial charge is 0.481 e. The maximum atomic E-state index is 11.1. The quantitative estimate of drug-likeness (QED) is 0.650. The van der Waals surface area contributed by atoms with Crippen LogP contribution >= 0.6 is 0 Å². The van der Waals surface area contributed by atoms with Gasteiger partial charge in [-0.05, 0) is 13.5 Å². The highest BCUT2D eigenvalue weighted by atomic mass is 16.5. The van der Waals surface area contributed by atoms with E-state index in [1.54, 1.807) is 11.8 Å². The molecule has 3 atom stereocenters. The van der Waals surface area contributed by atoms with Crippen molar-refractivity contribution < 1.29 is 19.4 Å². The summed E-state index contributed by atoms with van der Waals surface area (Å²) < 4.78 is 5.17. The molecule has 1 saturated heterocycles. The van der Waals surface area contributed by atoms with E-state index in [4.69, 9.17) is 15.6 Å². The maximum Gasteiger partial charge on any atom is 0.310 e. The highest BCUT2D eigenvalue weighted by Gasteiger charge is 2.39. The summed E-state index contributed by atoms with van der Waals surface area (Å²) in [4.78, 5) is 23.9. The molecule has 3 unspecified atom stereocenters. The summed E-state index contributed by atoms with van der Waals surface area (Å²) in [5.74, 6) is -1.92. The molecule has 16 heavy (non-hydrogen) atoms. The molecule has 1 fully saturated rings. The zero-order valence-electron chi connectivity index (χ0n) is 9.55. The molecule has 1 heterocycles. The van der Waals surface area contributed by atoms with E-state index in [9.17, 15) is 9.59 Å². The Labute approximate surface area is 94.3 Å². The number of carbonyl (C=O) groups is 2. The molecular weight excluding hydrogens is 212 g/mol.